The van der Waals surface area contributed by atoms with Gasteiger partial charge in [0.2, 0.25) is 0 Å². The maximum absolute atomic E-state index is 5.86. The molecule has 0 radical (unpaired) electrons. The van der Waals surface area contributed by atoms with Crippen LogP contribution in [-0.4, -0.2) is 26.5 Å². The van der Waals surface area contributed by atoms with Crippen molar-refractivity contribution in [2.45, 2.75) is 33.7 Å². The van der Waals surface area contributed by atoms with E-state index in [2.05, 4.69) is 83.4 Å². The highest BCUT2D eigenvalue weighted by molar-refractivity contribution is 7.80. The van der Waals surface area contributed by atoms with Gasteiger partial charge in [-0.2, -0.15) is 0 Å². The summed E-state index contributed by atoms with van der Waals surface area (Å²) >= 11 is 5.86. The van der Waals surface area contributed by atoms with Crippen LogP contribution in [0.5, 0.6) is 0 Å². The van der Waals surface area contributed by atoms with Gasteiger partial charge in [-0.3, -0.25) is 4.98 Å². The van der Waals surface area contributed by atoms with E-state index in [1.54, 1.807) is 0 Å². The number of benzene rings is 2. The van der Waals surface area contributed by atoms with Crippen LogP contribution in [-0.2, 0) is 13.0 Å². The van der Waals surface area contributed by atoms with Crippen molar-refractivity contribution >= 4 is 33.9 Å². The number of H-pyrrole nitrogens is 1. The van der Waals surface area contributed by atoms with Gasteiger partial charge in [0.25, 0.3) is 0 Å². The van der Waals surface area contributed by atoms with Gasteiger partial charge in [-0.25, -0.2) is 0 Å². The summed E-state index contributed by atoms with van der Waals surface area (Å²) in [7, 11) is 0. The van der Waals surface area contributed by atoms with Crippen molar-refractivity contribution < 1.29 is 0 Å². The summed E-state index contributed by atoms with van der Waals surface area (Å²) in [6, 6.07) is 20.9. The molecule has 5 heteroatoms. The van der Waals surface area contributed by atoms with E-state index in [1.807, 2.05) is 24.4 Å². The average molecular weight is 429 g/mol. The number of aryl methyl sites for hydroxylation is 3. The summed E-state index contributed by atoms with van der Waals surface area (Å²) in [6.07, 6.45) is 2.73. The molecule has 0 atom stereocenters. The number of rotatable bonds is 6. The Kier molecular flexibility index (Phi) is 6.33. The van der Waals surface area contributed by atoms with Gasteiger partial charge in [0.1, 0.15) is 0 Å². The maximum Gasteiger partial charge on any atom is 0.173 e. The van der Waals surface area contributed by atoms with Crippen LogP contribution in [0, 0.1) is 20.8 Å². The number of thiocarbonyl (C=S) groups is 1. The van der Waals surface area contributed by atoms with Crippen LogP contribution in [0.15, 0.2) is 66.9 Å². The first kappa shape index (κ1) is 21.1. The third kappa shape index (κ3) is 4.94. The quantitative estimate of drug-likeness (QED) is 0.374. The van der Waals surface area contributed by atoms with Crippen molar-refractivity contribution in [3.8, 4) is 0 Å². The van der Waals surface area contributed by atoms with E-state index in [1.165, 1.54) is 33.3 Å². The normalized spacial score (nSPS) is 10.9. The van der Waals surface area contributed by atoms with E-state index in [9.17, 15) is 0 Å². The first-order valence-electron chi connectivity index (χ1n) is 10.6. The smallest absolute Gasteiger partial charge is 0.173 e. The van der Waals surface area contributed by atoms with Gasteiger partial charge >= 0.3 is 0 Å². The number of nitrogens with zero attached hydrogens (tertiary/aromatic N) is 2. The molecule has 0 amide bonds. The minimum Gasteiger partial charge on any atom is -0.358 e. The molecule has 4 nitrogen and oxygen atoms in total. The van der Waals surface area contributed by atoms with E-state index < -0.39 is 0 Å². The molecule has 0 aliphatic rings. The summed E-state index contributed by atoms with van der Waals surface area (Å²) in [5, 5.41) is 5.48. The van der Waals surface area contributed by atoms with Crippen molar-refractivity contribution in [1.29, 1.82) is 0 Å². The standard InChI is InChI=1S/C26H28N4S/c1-18-11-12-19(2)25(16-18)29-26(31)30(17-21-8-6-7-14-27-21)15-13-22-20(3)28-24-10-5-4-9-23(22)24/h4-12,14,16,28H,13,15,17H2,1-3H3,(H,29,31). The fraction of sp³-hybridized carbons (Fsp3) is 0.231. The van der Waals surface area contributed by atoms with Crippen LogP contribution >= 0.6 is 12.2 Å². The Labute approximate surface area is 189 Å². The molecule has 4 rings (SSSR count). The molecule has 0 spiro atoms. The van der Waals surface area contributed by atoms with Crippen LogP contribution in [0.3, 0.4) is 0 Å². The minimum absolute atomic E-state index is 0.666. The average Bonchev–Trinajstić information content (AvgIpc) is 3.09. The van der Waals surface area contributed by atoms with Gasteiger partial charge < -0.3 is 15.2 Å². The Morgan fingerprint density at radius 3 is 2.65 bits per heavy atom. The van der Waals surface area contributed by atoms with E-state index in [4.69, 9.17) is 12.2 Å². The molecule has 31 heavy (non-hydrogen) atoms. The predicted octanol–water partition coefficient (Wildman–Crippen LogP) is 5.93. The number of nitrogens with one attached hydrogen (secondary N) is 2. The van der Waals surface area contributed by atoms with Gasteiger partial charge in [-0.1, -0.05) is 36.4 Å². The SMILES string of the molecule is Cc1ccc(C)c(NC(=S)N(CCc2c(C)[nH]c3ccccc23)Cc2ccccn2)c1. The molecule has 2 heterocycles. The lowest BCUT2D eigenvalue weighted by Crippen LogP contribution is -2.36. The number of hydrogen-bond donors (Lipinski definition) is 2. The Hall–Kier alpha value is -3.18. The zero-order chi connectivity index (χ0) is 21.8. The highest BCUT2D eigenvalue weighted by atomic mass is 32.1. The monoisotopic (exact) mass is 428 g/mol. The molecule has 0 saturated carbocycles. The number of pyridine rings is 1. The number of aromatic amines is 1. The zero-order valence-corrected chi connectivity index (χ0v) is 19.1. The van der Waals surface area contributed by atoms with E-state index >= 15 is 0 Å². The molecule has 0 saturated heterocycles. The fourth-order valence-corrected chi connectivity index (χ4v) is 4.17. The Bertz CT molecular complexity index is 1200. The summed E-state index contributed by atoms with van der Waals surface area (Å²) in [6.45, 7) is 7.81. The number of anilines is 1. The van der Waals surface area contributed by atoms with E-state index in [0.29, 0.717) is 6.54 Å². The lowest BCUT2D eigenvalue weighted by Gasteiger charge is -2.26. The Morgan fingerprint density at radius 1 is 1.03 bits per heavy atom. The molecule has 0 aliphatic heterocycles. The molecule has 0 bridgehead atoms. The topological polar surface area (TPSA) is 44.0 Å². The third-order valence-corrected chi connectivity index (χ3v) is 6.02. The van der Waals surface area contributed by atoms with Gasteiger partial charge in [0.15, 0.2) is 5.11 Å². The maximum atomic E-state index is 5.86. The Morgan fingerprint density at radius 2 is 1.84 bits per heavy atom. The van der Waals surface area contributed by atoms with E-state index in [-0.39, 0.29) is 0 Å². The van der Waals surface area contributed by atoms with Crippen molar-refractivity contribution in [2.24, 2.45) is 0 Å². The van der Waals surface area contributed by atoms with Crippen LogP contribution in [0.1, 0.15) is 28.1 Å². The molecule has 158 valence electrons. The van der Waals surface area contributed by atoms with Crippen LogP contribution < -0.4 is 5.32 Å². The predicted molar refractivity (Wildman–Crippen MR) is 134 cm³/mol. The largest absolute Gasteiger partial charge is 0.358 e. The second-order valence-corrected chi connectivity index (χ2v) is 8.40. The molecule has 2 aromatic heterocycles. The third-order valence-electron chi connectivity index (χ3n) is 5.66. The molecule has 0 fully saturated rings. The van der Waals surface area contributed by atoms with Crippen molar-refractivity contribution in [2.75, 3.05) is 11.9 Å². The lowest BCUT2D eigenvalue weighted by atomic mass is 10.1. The number of hydrogen-bond acceptors (Lipinski definition) is 2. The molecule has 0 unspecified atom stereocenters. The Balaban J connectivity index is 1.57. The number of aromatic nitrogens is 2. The van der Waals surface area contributed by atoms with Gasteiger partial charge in [0.05, 0.1) is 12.2 Å². The van der Waals surface area contributed by atoms with Gasteiger partial charge in [-0.05, 0) is 80.4 Å². The zero-order valence-electron chi connectivity index (χ0n) is 18.3. The first-order valence-corrected chi connectivity index (χ1v) is 11.0. The van der Waals surface area contributed by atoms with Crippen LogP contribution in [0.25, 0.3) is 10.9 Å². The molecular weight excluding hydrogens is 400 g/mol. The van der Waals surface area contributed by atoms with E-state index in [0.717, 1.165) is 29.5 Å². The first-order chi connectivity index (χ1) is 15.0. The summed E-state index contributed by atoms with van der Waals surface area (Å²) in [5.41, 5.74) is 8.19. The molecule has 2 N–H and O–H groups in total. The molecule has 0 aliphatic carbocycles. The fourth-order valence-electron chi connectivity index (χ4n) is 3.91. The van der Waals surface area contributed by atoms with Crippen molar-refractivity contribution in [3.05, 3.63) is 94.9 Å². The highest BCUT2D eigenvalue weighted by Gasteiger charge is 2.15. The lowest BCUT2D eigenvalue weighted by molar-refractivity contribution is 0.417. The second kappa shape index (κ2) is 9.31. The summed E-state index contributed by atoms with van der Waals surface area (Å²) in [5.74, 6) is 0. The van der Waals surface area contributed by atoms with Gasteiger partial charge in [0, 0.05) is 35.0 Å². The number of para-hydroxylation sites is 1. The van der Waals surface area contributed by atoms with Crippen molar-refractivity contribution in [1.82, 2.24) is 14.9 Å². The summed E-state index contributed by atoms with van der Waals surface area (Å²) in [4.78, 5) is 10.2. The van der Waals surface area contributed by atoms with Gasteiger partial charge in [-0.15, -0.1) is 0 Å². The van der Waals surface area contributed by atoms with Crippen LogP contribution in [0.4, 0.5) is 5.69 Å². The molecular formula is C26H28N4S. The highest BCUT2D eigenvalue weighted by Crippen LogP contribution is 2.23. The second-order valence-electron chi connectivity index (χ2n) is 8.02. The minimum atomic E-state index is 0.666. The summed E-state index contributed by atoms with van der Waals surface area (Å²) < 4.78 is 0. The molecule has 4 aromatic rings. The molecule has 2 aromatic carbocycles. The van der Waals surface area contributed by atoms with Crippen molar-refractivity contribution in [3.63, 3.8) is 0 Å². The van der Waals surface area contributed by atoms with Crippen LogP contribution in [0.2, 0.25) is 0 Å². The number of fused-ring (bicyclic) bond motifs is 1.